The van der Waals surface area contributed by atoms with E-state index in [4.69, 9.17) is 4.74 Å². The molecule has 0 saturated carbocycles. The Morgan fingerprint density at radius 1 is 1.62 bits per heavy atom. The smallest absolute Gasteiger partial charge is 0.321 e. The predicted octanol–water partition coefficient (Wildman–Crippen LogP) is 0.608. The molecule has 0 aromatic rings. The molecule has 0 aliphatic carbocycles. The second-order valence-corrected chi connectivity index (χ2v) is 4.99. The lowest BCUT2D eigenvalue weighted by Crippen LogP contribution is -2.46. The Morgan fingerprint density at radius 3 is 2.81 bits per heavy atom. The molecule has 0 radical (unpaired) electrons. The number of halogens is 1. The summed E-state index contributed by atoms with van der Waals surface area (Å²) in [5, 5.41) is 2.67. The van der Waals surface area contributed by atoms with Gasteiger partial charge in [-0.2, -0.15) is 0 Å². The minimum absolute atomic E-state index is 0.182. The van der Waals surface area contributed by atoms with Crippen molar-refractivity contribution in [1.82, 2.24) is 5.32 Å². The Bertz CT molecular complexity index is 276. The number of methoxy groups -OCH3 is 1. The second kappa shape index (κ2) is 5.63. The first kappa shape index (κ1) is 13.4. The first-order valence-corrected chi connectivity index (χ1v) is 6.05. The molecule has 1 aliphatic rings. The molecular weight excluding hydrogens is 278 g/mol. The average molecular weight is 294 g/mol. The molecule has 0 bridgehead atoms. The molecule has 92 valence electrons. The van der Waals surface area contributed by atoms with Gasteiger partial charge in [0.15, 0.2) is 0 Å². The summed E-state index contributed by atoms with van der Waals surface area (Å²) in [4.78, 5) is 22.3. The van der Waals surface area contributed by atoms with Crippen molar-refractivity contribution in [1.29, 1.82) is 0 Å². The minimum Gasteiger partial charge on any atom is -0.468 e. The summed E-state index contributed by atoms with van der Waals surface area (Å²) in [7, 11) is 1.31. The fraction of sp³-hybridized carbons (Fsp3) is 0.800. The number of hydrogen-bond acceptors (Lipinski definition) is 4. The van der Waals surface area contributed by atoms with E-state index >= 15 is 0 Å². The highest BCUT2D eigenvalue weighted by Crippen LogP contribution is 2.24. The second-order valence-electron chi connectivity index (χ2n) is 3.88. The summed E-state index contributed by atoms with van der Waals surface area (Å²) < 4.78 is 9.90. The van der Waals surface area contributed by atoms with Crippen LogP contribution >= 0.6 is 15.9 Å². The van der Waals surface area contributed by atoms with Gasteiger partial charge in [-0.1, -0.05) is 15.9 Å². The number of carbonyl (C=O) groups excluding carboxylic acids is 2. The molecule has 2 unspecified atom stereocenters. The summed E-state index contributed by atoms with van der Waals surface area (Å²) in [5.41, 5.74) is -0.747. The highest BCUT2D eigenvalue weighted by molar-refractivity contribution is 9.10. The van der Waals surface area contributed by atoms with Crippen LogP contribution in [-0.2, 0) is 19.1 Å². The number of alkyl halides is 1. The van der Waals surface area contributed by atoms with E-state index in [1.165, 1.54) is 7.11 Å². The van der Waals surface area contributed by atoms with Crippen molar-refractivity contribution in [2.45, 2.75) is 30.2 Å². The fourth-order valence-corrected chi connectivity index (χ4v) is 1.89. The van der Waals surface area contributed by atoms with Crippen molar-refractivity contribution in [3.8, 4) is 0 Å². The summed E-state index contributed by atoms with van der Waals surface area (Å²) in [6.07, 6.45) is 1.60. The van der Waals surface area contributed by atoms with Gasteiger partial charge in [0.05, 0.1) is 7.11 Å². The van der Waals surface area contributed by atoms with Crippen LogP contribution in [0.5, 0.6) is 0 Å². The molecule has 0 spiro atoms. The maximum atomic E-state index is 11.8. The van der Waals surface area contributed by atoms with E-state index in [1.54, 1.807) is 6.92 Å². The van der Waals surface area contributed by atoms with Crippen LogP contribution in [0.3, 0.4) is 0 Å². The van der Waals surface area contributed by atoms with Gasteiger partial charge in [0.25, 0.3) is 5.91 Å². The van der Waals surface area contributed by atoms with Crippen molar-refractivity contribution >= 4 is 27.8 Å². The Morgan fingerprint density at radius 2 is 2.31 bits per heavy atom. The maximum Gasteiger partial charge on any atom is 0.321 e. The Labute approximate surface area is 103 Å². The standard InChI is InChI=1S/C10H16BrNO4/c1-10(4-3-5-16-10)9(14)12-6-7(11)8(13)15-2/h7H,3-6H2,1-2H3,(H,12,14). The van der Waals surface area contributed by atoms with Crippen LogP contribution in [0.2, 0.25) is 0 Å². The van der Waals surface area contributed by atoms with Crippen LogP contribution in [0.4, 0.5) is 0 Å². The molecule has 1 fully saturated rings. The van der Waals surface area contributed by atoms with Gasteiger partial charge in [-0.3, -0.25) is 9.59 Å². The van der Waals surface area contributed by atoms with Gasteiger partial charge in [-0.15, -0.1) is 0 Å². The zero-order valence-corrected chi connectivity index (χ0v) is 11.0. The van der Waals surface area contributed by atoms with Crippen molar-refractivity contribution in [2.24, 2.45) is 0 Å². The number of nitrogens with one attached hydrogen (secondary N) is 1. The van der Waals surface area contributed by atoms with E-state index in [0.717, 1.165) is 6.42 Å². The van der Waals surface area contributed by atoms with Crippen LogP contribution in [0.1, 0.15) is 19.8 Å². The lowest BCUT2D eigenvalue weighted by molar-refractivity contribution is -0.141. The topological polar surface area (TPSA) is 64.6 Å². The van der Waals surface area contributed by atoms with Gasteiger partial charge >= 0.3 is 5.97 Å². The monoisotopic (exact) mass is 293 g/mol. The highest BCUT2D eigenvalue weighted by atomic mass is 79.9. The third-order valence-electron chi connectivity index (χ3n) is 2.60. The predicted molar refractivity (Wildman–Crippen MR) is 61.3 cm³/mol. The number of hydrogen-bond donors (Lipinski definition) is 1. The van der Waals surface area contributed by atoms with Crippen molar-refractivity contribution in [2.75, 3.05) is 20.3 Å². The summed E-state index contributed by atoms with van der Waals surface area (Å²) in [5.74, 6) is -0.587. The average Bonchev–Trinajstić information content (AvgIpc) is 2.72. The molecule has 5 nitrogen and oxygen atoms in total. The van der Waals surface area contributed by atoms with E-state index < -0.39 is 16.4 Å². The molecule has 2 atom stereocenters. The molecule has 1 rings (SSSR count). The van der Waals surface area contributed by atoms with Gasteiger partial charge in [0, 0.05) is 13.2 Å². The minimum atomic E-state index is -0.747. The van der Waals surface area contributed by atoms with E-state index in [1.807, 2.05) is 0 Å². The molecule has 0 aromatic heterocycles. The summed E-state index contributed by atoms with van der Waals surface area (Å²) in [6, 6.07) is 0. The van der Waals surface area contributed by atoms with Gasteiger partial charge < -0.3 is 14.8 Å². The van der Waals surface area contributed by atoms with Crippen LogP contribution < -0.4 is 5.32 Å². The SMILES string of the molecule is COC(=O)C(Br)CNC(=O)C1(C)CCCO1. The van der Waals surface area contributed by atoms with Gasteiger partial charge in [-0.05, 0) is 19.8 Å². The Hall–Kier alpha value is -0.620. The molecule has 1 N–H and O–H groups in total. The number of esters is 1. The van der Waals surface area contributed by atoms with Crippen LogP contribution in [0, 0.1) is 0 Å². The van der Waals surface area contributed by atoms with E-state index in [2.05, 4.69) is 26.0 Å². The molecule has 16 heavy (non-hydrogen) atoms. The molecule has 1 aliphatic heterocycles. The number of carbonyl (C=O) groups is 2. The maximum absolute atomic E-state index is 11.8. The Kier molecular flexibility index (Phi) is 4.73. The normalized spacial score (nSPS) is 26.2. The highest BCUT2D eigenvalue weighted by Gasteiger charge is 2.37. The van der Waals surface area contributed by atoms with E-state index in [-0.39, 0.29) is 12.5 Å². The van der Waals surface area contributed by atoms with Crippen LogP contribution in [-0.4, -0.2) is 42.6 Å². The van der Waals surface area contributed by atoms with Gasteiger partial charge in [0.2, 0.25) is 0 Å². The van der Waals surface area contributed by atoms with Crippen molar-refractivity contribution in [3.63, 3.8) is 0 Å². The molecule has 1 saturated heterocycles. The summed E-state index contributed by atoms with van der Waals surface area (Å²) in [6.45, 7) is 2.57. The third kappa shape index (κ3) is 3.18. The summed E-state index contributed by atoms with van der Waals surface area (Å²) >= 11 is 3.13. The van der Waals surface area contributed by atoms with Crippen LogP contribution in [0.15, 0.2) is 0 Å². The molecule has 1 amide bonds. The number of rotatable bonds is 4. The largest absolute Gasteiger partial charge is 0.468 e. The number of amides is 1. The zero-order valence-electron chi connectivity index (χ0n) is 9.42. The Balaban J connectivity index is 2.37. The zero-order chi connectivity index (χ0) is 12.2. The quantitative estimate of drug-likeness (QED) is 0.609. The van der Waals surface area contributed by atoms with Crippen molar-refractivity contribution < 1.29 is 19.1 Å². The first-order valence-electron chi connectivity index (χ1n) is 5.14. The van der Waals surface area contributed by atoms with E-state index in [9.17, 15) is 9.59 Å². The molecule has 1 heterocycles. The van der Waals surface area contributed by atoms with Gasteiger partial charge in [0.1, 0.15) is 10.4 Å². The molecule has 0 aromatic carbocycles. The lowest BCUT2D eigenvalue weighted by atomic mass is 10.0. The van der Waals surface area contributed by atoms with Crippen LogP contribution in [0.25, 0.3) is 0 Å². The number of ether oxygens (including phenoxy) is 2. The van der Waals surface area contributed by atoms with Gasteiger partial charge in [-0.25, -0.2) is 0 Å². The molecule has 6 heteroatoms. The third-order valence-corrected chi connectivity index (χ3v) is 3.30. The lowest BCUT2D eigenvalue weighted by Gasteiger charge is -2.22. The fourth-order valence-electron chi connectivity index (χ4n) is 1.54. The van der Waals surface area contributed by atoms with Crippen molar-refractivity contribution in [3.05, 3.63) is 0 Å². The molecular formula is C10H16BrNO4. The first-order chi connectivity index (χ1) is 7.49. The van der Waals surface area contributed by atoms with E-state index in [0.29, 0.717) is 13.0 Å².